The third-order valence-corrected chi connectivity index (χ3v) is 2.82. The highest BCUT2D eigenvalue weighted by Crippen LogP contribution is 2.32. The van der Waals surface area contributed by atoms with E-state index >= 15 is 0 Å². The fourth-order valence-electron chi connectivity index (χ4n) is 1.82. The molecule has 2 rings (SSSR count). The van der Waals surface area contributed by atoms with E-state index in [1.807, 2.05) is 0 Å². The maximum atomic E-state index is 12.7. The first-order chi connectivity index (χ1) is 9.74. The van der Waals surface area contributed by atoms with Crippen molar-refractivity contribution in [3.8, 4) is 11.8 Å². The van der Waals surface area contributed by atoms with Crippen LogP contribution in [0.2, 0.25) is 0 Å². The number of aromatic nitrogens is 2. The molecule has 8 heteroatoms. The van der Waals surface area contributed by atoms with Crippen LogP contribution in [0.3, 0.4) is 0 Å². The van der Waals surface area contributed by atoms with E-state index in [1.165, 1.54) is 19.2 Å². The summed E-state index contributed by atoms with van der Waals surface area (Å²) in [5, 5.41) is 21.7. The van der Waals surface area contributed by atoms with E-state index in [2.05, 4.69) is 5.10 Å². The number of aryl methyl sites for hydroxylation is 1. The van der Waals surface area contributed by atoms with Gasteiger partial charge in [-0.3, -0.25) is 0 Å². The summed E-state index contributed by atoms with van der Waals surface area (Å²) in [6.45, 7) is 1.47. The van der Waals surface area contributed by atoms with Crippen molar-refractivity contribution in [2.24, 2.45) is 0 Å². The van der Waals surface area contributed by atoms with Crippen LogP contribution in [0.1, 0.15) is 27.2 Å². The van der Waals surface area contributed by atoms with Crippen LogP contribution in [0.4, 0.5) is 13.2 Å². The summed E-state index contributed by atoms with van der Waals surface area (Å²) >= 11 is 0. The van der Waals surface area contributed by atoms with Crippen LogP contribution in [0.5, 0.6) is 0 Å². The van der Waals surface area contributed by atoms with Crippen LogP contribution >= 0.6 is 0 Å². The normalized spacial score (nSPS) is 11.2. The van der Waals surface area contributed by atoms with Gasteiger partial charge < -0.3 is 5.11 Å². The molecule has 1 heterocycles. The predicted molar refractivity (Wildman–Crippen MR) is 65.0 cm³/mol. The molecule has 5 nitrogen and oxygen atoms in total. The van der Waals surface area contributed by atoms with Gasteiger partial charge in [0.15, 0.2) is 0 Å². The number of hydrogen-bond acceptors (Lipinski definition) is 3. The molecule has 0 unspecified atom stereocenters. The van der Waals surface area contributed by atoms with Gasteiger partial charge in [-0.2, -0.15) is 23.5 Å². The maximum absolute atomic E-state index is 12.7. The average molecular weight is 295 g/mol. The van der Waals surface area contributed by atoms with Gasteiger partial charge in [0.1, 0.15) is 5.56 Å². The number of benzene rings is 1. The standard InChI is InChI=1S/C13H8F3N3O2/c1-7-10(12(20)21)6-19(18-7)9-2-3-11(13(14,15)16)8(4-9)5-17/h2-4,6H,1H3,(H,20,21). The molecular weight excluding hydrogens is 287 g/mol. The summed E-state index contributed by atoms with van der Waals surface area (Å²) in [5.41, 5.74) is -1.26. The quantitative estimate of drug-likeness (QED) is 0.924. The molecule has 0 aliphatic carbocycles. The third-order valence-electron chi connectivity index (χ3n) is 2.82. The molecule has 1 N–H and O–H groups in total. The Bertz CT molecular complexity index is 757. The zero-order valence-electron chi connectivity index (χ0n) is 10.6. The molecule has 0 aliphatic heterocycles. The molecule has 0 radical (unpaired) electrons. The van der Waals surface area contributed by atoms with Crippen molar-refractivity contribution in [3.05, 3.63) is 46.8 Å². The smallest absolute Gasteiger partial charge is 0.417 e. The Morgan fingerprint density at radius 2 is 2.10 bits per heavy atom. The van der Waals surface area contributed by atoms with Crippen LogP contribution in [0.15, 0.2) is 24.4 Å². The Morgan fingerprint density at radius 3 is 2.57 bits per heavy atom. The summed E-state index contributed by atoms with van der Waals surface area (Å²) in [4.78, 5) is 10.9. The lowest BCUT2D eigenvalue weighted by Crippen LogP contribution is -2.08. The largest absolute Gasteiger partial charge is 0.478 e. The molecule has 0 saturated heterocycles. The first kappa shape index (κ1) is 14.6. The highest BCUT2D eigenvalue weighted by atomic mass is 19.4. The van der Waals surface area contributed by atoms with Crippen molar-refractivity contribution in [1.29, 1.82) is 5.26 Å². The number of aromatic carboxylic acids is 1. The van der Waals surface area contributed by atoms with Gasteiger partial charge in [-0.1, -0.05) is 0 Å². The highest BCUT2D eigenvalue weighted by molar-refractivity contribution is 5.88. The molecule has 1 aromatic carbocycles. The second kappa shape index (κ2) is 4.94. The molecule has 0 bridgehead atoms. The lowest BCUT2D eigenvalue weighted by Gasteiger charge is -2.10. The molecule has 0 aliphatic rings. The summed E-state index contributed by atoms with van der Waals surface area (Å²) in [6.07, 6.45) is -3.45. The topological polar surface area (TPSA) is 78.9 Å². The van der Waals surface area contributed by atoms with Crippen LogP contribution in [-0.4, -0.2) is 20.9 Å². The minimum absolute atomic E-state index is 0.0617. The fraction of sp³-hybridized carbons (Fsp3) is 0.154. The van der Waals surface area contributed by atoms with Crippen molar-refractivity contribution >= 4 is 5.97 Å². The van der Waals surface area contributed by atoms with Crippen molar-refractivity contribution in [3.63, 3.8) is 0 Å². The number of carbonyl (C=O) groups is 1. The number of halogens is 3. The van der Waals surface area contributed by atoms with Gasteiger partial charge in [0, 0.05) is 6.20 Å². The maximum Gasteiger partial charge on any atom is 0.417 e. The second-order valence-corrected chi connectivity index (χ2v) is 4.22. The van der Waals surface area contributed by atoms with E-state index in [-0.39, 0.29) is 16.9 Å². The minimum Gasteiger partial charge on any atom is -0.478 e. The average Bonchev–Trinajstić information content (AvgIpc) is 2.79. The van der Waals surface area contributed by atoms with E-state index in [9.17, 15) is 18.0 Å². The molecule has 2 aromatic rings. The lowest BCUT2D eigenvalue weighted by atomic mass is 10.1. The van der Waals surface area contributed by atoms with Crippen LogP contribution in [-0.2, 0) is 6.18 Å². The number of hydrogen-bond donors (Lipinski definition) is 1. The van der Waals surface area contributed by atoms with E-state index in [1.54, 1.807) is 0 Å². The fourth-order valence-corrected chi connectivity index (χ4v) is 1.82. The van der Waals surface area contributed by atoms with E-state index in [0.29, 0.717) is 0 Å². The number of carboxylic acid groups (broad SMARTS) is 1. The second-order valence-electron chi connectivity index (χ2n) is 4.22. The number of nitriles is 1. The Kier molecular flexibility index (Phi) is 3.43. The number of rotatable bonds is 2. The number of carboxylic acids is 1. The van der Waals surface area contributed by atoms with Gasteiger partial charge in [0.05, 0.1) is 28.6 Å². The molecule has 0 atom stereocenters. The van der Waals surface area contributed by atoms with Gasteiger partial charge in [0.2, 0.25) is 0 Å². The summed E-state index contributed by atoms with van der Waals surface area (Å²) in [7, 11) is 0. The van der Waals surface area contributed by atoms with Crippen molar-refractivity contribution < 1.29 is 23.1 Å². The van der Waals surface area contributed by atoms with Gasteiger partial charge >= 0.3 is 12.1 Å². The Labute approximate surface area is 116 Å². The number of alkyl halides is 3. The summed E-state index contributed by atoms with van der Waals surface area (Å²) < 4.78 is 39.2. The third kappa shape index (κ3) is 2.72. The molecule has 21 heavy (non-hydrogen) atoms. The molecule has 0 saturated carbocycles. The molecule has 0 amide bonds. The molecule has 0 spiro atoms. The Morgan fingerprint density at radius 1 is 1.43 bits per heavy atom. The predicted octanol–water partition coefficient (Wildman–Crippen LogP) is 2.77. The first-order valence-corrected chi connectivity index (χ1v) is 5.65. The first-order valence-electron chi connectivity index (χ1n) is 5.65. The van der Waals surface area contributed by atoms with Crippen molar-refractivity contribution in [2.45, 2.75) is 13.1 Å². The monoisotopic (exact) mass is 295 g/mol. The molecule has 108 valence electrons. The minimum atomic E-state index is -4.63. The van der Waals surface area contributed by atoms with E-state index < -0.39 is 23.3 Å². The Hall–Kier alpha value is -2.82. The van der Waals surface area contributed by atoms with Crippen molar-refractivity contribution in [2.75, 3.05) is 0 Å². The van der Waals surface area contributed by atoms with E-state index in [0.717, 1.165) is 22.9 Å². The number of nitrogens with zero attached hydrogens (tertiary/aromatic N) is 3. The van der Waals surface area contributed by atoms with Gasteiger partial charge in [-0.05, 0) is 25.1 Å². The van der Waals surface area contributed by atoms with Gasteiger partial charge in [-0.25, -0.2) is 9.48 Å². The van der Waals surface area contributed by atoms with Crippen LogP contribution in [0, 0.1) is 18.3 Å². The SMILES string of the molecule is Cc1nn(-c2ccc(C(F)(F)F)c(C#N)c2)cc1C(=O)O. The zero-order valence-corrected chi connectivity index (χ0v) is 10.6. The van der Waals surface area contributed by atoms with Crippen molar-refractivity contribution in [1.82, 2.24) is 9.78 Å². The van der Waals surface area contributed by atoms with Crippen LogP contribution < -0.4 is 0 Å². The van der Waals surface area contributed by atoms with Crippen LogP contribution in [0.25, 0.3) is 5.69 Å². The summed E-state index contributed by atoms with van der Waals surface area (Å²) in [5.74, 6) is -1.19. The van der Waals surface area contributed by atoms with Gasteiger partial charge in [0.25, 0.3) is 0 Å². The zero-order chi connectivity index (χ0) is 15.8. The van der Waals surface area contributed by atoms with Gasteiger partial charge in [-0.15, -0.1) is 0 Å². The van der Waals surface area contributed by atoms with E-state index in [4.69, 9.17) is 10.4 Å². The molecule has 1 aromatic heterocycles. The molecule has 0 fully saturated rings. The summed E-state index contributed by atoms with van der Waals surface area (Å²) in [6, 6.07) is 4.39. The highest BCUT2D eigenvalue weighted by Gasteiger charge is 2.33. The lowest BCUT2D eigenvalue weighted by molar-refractivity contribution is -0.137. The Balaban J connectivity index is 2.55. The molecular formula is C13H8F3N3O2.